The zero-order valence-electron chi connectivity index (χ0n) is 17.9. The molecule has 4 atom stereocenters. The van der Waals surface area contributed by atoms with Gasteiger partial charge in [-0.15, -0.1) is 0 Å². The van der Waals surface area contributed by atoms with Gasteiger partial charge in [0.2, 0.25) is 0 Å². The number of hydrogen-bond donors (Lipinski definition) is 1. The lowest BCUT2D eigenvalue weighted by Gasteiger charge is -2.39. The van der Waals surface area contributed by atoms with Gasteiger partial charge in [0.25, 0.3) is 0 Å². The van der Waals surface area contributed by atoms with E-state index >= 15 is 0 Å². The van der Waals surface area contributed by atoms with Crippen molar-refractivity contribution in [2.45, 2.75) is 58.8 Å². The molecule has 1 heterocycles. The number of aliphatic hydroxyl groups excluding tert-OH is 1. The van der Waals surface area contributed by atoms with Crippen LogP contribution in [0.4, 0.5) is 0 Å². The van der Waals surface area contributed by atoms with Gasteiger partial charge in [0.05, 0.1) is 18.8 Å². The van der Waals surface area contributed by atoms with Crippen molar-refractivity contribution in [2.24, 2.45) is 16.7 Å². The number of fused-ring (bicyclic) bond motifs is 2. The number of nitrogens with zero attached hydrogens (tertiary/aromatic N) is 2. The molecular weight excluding hydrogens is 348 g/mol. The second kappa shape index (κ2) is 8.06. The molecule has 1 aliphatic heterocycles. The first-order valence-electron chi connectivity index (χ1n) is 11.2. The van der Waals surface area contributed by atoms with E-state index in [1.807, 2.05) is 0 Å². The summed E-state index contributed by atoms with van der Waals surface area (Å²) in [5.41, 5.74) is 2.03. The van der Waals surface area contributed by atoms with Crippen LogP contribution in [0.2, 0.25) is 0 Å². The molecule has 2 bridgehead atoms. The normalized spacial score (nSPS) is 34.0. The van der Waals surface area contributed by atoms with Crippen LogP contribution in [0.5, 0.6) is 0 Å². The summed E-state index contributed by atoms with van der Waals surface area (Å²) in [6, 6.07) is 10.7. The molecule has 1 aromatic rings. The molecule has 156 valence electrons. The standard InChI is InChI=1S/C24H38N2O2/c1-23(2)20-9-10-24(23,3)22(15-20)28-18-21(27)17-26-13-11-25(12-14-26)16-19-7-5-4-6-8-19/h4-8,20-22,27H,9-18H2,1-3H3/t20-,21+,22+,24-/m0/s1. The quantitative estimate of drug-likeness (QED) is 0.779. The van der Waals surface area contributed by atoms with Crippen molar-refractivity contribution in [3.63, 3.8) is 0 Å². The molecule has 4 rings (SSSR count). The van der Waals surface area contributed by atoms with Gasteiger partial charge in [0.1, 0.15) is 0 Å². The van der Waals surface area contributed by atoms with Gasteiger partial charge in [0.15, 0.2) is 0 Å². The number of aliphatic hydroxyl groups is 1. The van der Waals surface area contributed by atoms with Gasteiger partial charge in [-0.25, -0.2) is 0 Å². The minimum absolute atomic E-state index is 0.278. The molecule has 4 heteroatoms. The van der Waals surface area contributed by atoms with Crippen molar-refractivity contribution < 1.29 is 9.84 Å². The van der Waals surface area contributed by atoms with Gasteiger partial charge in [-0.05, 0) is 41.6 Å². The van der Waals surface area contributed by atoms with Gasteiger partial charge in [-0.2, -0.15) is 0 Å². The molecule has 28 heavy (non-hydrogen) atoms. The molecule has 3 fully saturated rings. The number of β-amino-alcohol motifs (C(OH)–C–C–N with tert-alkyl or cyclic N) is 1. The highest BCUT2D eigenvalue weighted by Gasteiger charge is 2.61. The van der Waals surface area contributed by atoms with Crippen molar-refractivity contribution in [1.29, 1.82) is 0 Å². The van der Waals surface area contributed by atoms with Crippen LogP contribution in [0.25, 0.3) is 0 Å². The Morgan fingerprint density at radius 1 is 1.07 bits per heavy atom. The number of rotatable bonds is 7. The van der Waals surface area contributed by atoms with E-state index in [0.29, 0.717) is 18.1 Å². The maximum atomic E-state index is 10.6. The topological polar surface area (TPSA) is 35.9 Å². The summed E-state index contributed by atoms with van der Waals surface area (Å²) in [5, 5.41) is 10.6. The van der Waals surface area contributed by atoms with Gasteiger partial charge < -0.3 is 9.84 Å². The summed E-state index contributed by atoms with van der Waals surface area (Å²) >= 11 is 0. The van der Waals surface area contributed by atoms with Gasteiger partial charge in [-0.1, -0.05) is 51.1 Å². The first-order valence-corrected chi connectivity index (χ1v) is 11.2. The highest BCUT2D eigenvalue weighted by atomic mass is 16.5. The summed E-state index contributed by atoms with van der Waals surface area (Å²) in [4.78, 5) is 4.90. The van der Waals surface area contributed by atoms with Gasteiger partial charge in [0, 0.05) is 39.3 Å². The van der Waals surface area contributed by atoms with Crippen molar-refractivity contribution >= 4 is 0 Å². The fourth-order valence-electron chi connectivity index (χ4n) is 5.93. The number of benzene rings is 1. The fraction of sp³-hybridized carbons (Fsp3) is 0.750. The summed E-state index contributed by atoms with van der Waals surface area (Å²) in [5.74, 6) is 0.789. The van der Waals surface area contributed by atoms with Gasteiger partial charge in [-0.3, -0.25) is 9.80 Å². The average molecular weight is 387 g/mol. The van der Waals surface area contributed by atoms with E-state index in [0.717, 1.165) is 45.2 Å². The molecule has 2 saturated carbocycles. The summed E-state index contributed by atoms with van der Waals surface area (Å²) < 4.78 is 6.29. The average Bonchev–Trinajstić information content (AvgIpc) is 3.02. The summed E-state index contributed by atoms with van der Waals surface area (Å²) in [6.45, 7) is 13.7. The van der Waals surface area contributed by atoms with E-state index in [2.05, 4.69) is 60.9 Å². The molecule has 3 aliphatic rings. The predicted octanol–water partition coefficient (Wildman–Crippen LogP) is 3.40. The maximum Gasteiger partial charge on any atom is 0.0900 e. The van der Waals surface area contributed by atoms with E-state index in [9.17, 15) is 5.11 Å². The minimum atomic E-state index is -0.383. The molecule has 0 radical (unpaired) electrons. The Balaban J connectivity index is 1.18. The molecule has 0 amide bonds. The Bertz CT molecular complexity index is 641. The van der Waals surface area contributed by atoms with Crippen molar-refractivity contribution in [2.75, 3.05) is 39.3 Å². The molecule has 1 saturated heterocycles. The number of ether oxygens (including phenoxy) is 1. The Morgan fingerprint density at radius 3 is 2.36 bits per heavy atom. The Morgan fingerprint density at radius 2 is 1.75 bits per heavy atom. The molecule has 1 aromatic carbocycles. The van der Waals surface area contributed by atoms with Crippen LogP contribution in [0, 0.1) is 16.7 Å². The van der Waals surface area contributed by atoms with Crippen LogP contribution < -0.4 is 0 Å². The predicted molar refractivity (Wildman–Crippen MR) is 113 cm³/mol. The third-order valence-electron chi connectivity index (χ3n) is 8.39. The van der Waals surface area contributed by atoms with E-state index in [1.165, 1.54) is 24.8 Å². The molecular formula is C24H38N2O2. The van der Waals surface area contributed by atoms with Crippen molar-refractivity contribution in [3.05, 3.63) is 35.9 Å². The third-order valence-corrected chi connectivity index (χ3v) is 8.39. The second-order valence-corrected chi connectivity index (χ2v) is 10.1. The highest BCUT2D eigenvalue weighted by molar-refractivity contribution is 5.14. The van der Waals surface area contributed by atoms with E-state index < -0.39 is 0 Å². The van der Waals surface area contributed by atoms with Crippen LogP contribution in [0.1, 0.15) is 45.6 Å². The Labute approximate surface area is 170 Å². The first kappa shape index (κ1) is 20.3. The van der Waals surface area contributed by atoms with E-state index in [-0.39, 0.29) is 11.5 Å². The molecule has 0 unspecified atom stereocenters. The zero-order valence-corrected chi connectivity index (χ0v) is 17.9. The van der Waals surface area contributed by atoms with Crippen LogP contribution in [0.15, 0.2) is 30.3 Å². The van der Waals surface area contributed by atoms with Crippen LogP contribution in [0.3, 0.4) is 0 Å². The third kappa shape index (κ3) is 3.89. The lowest BCUT2D eigenvalue weighted by molar-refractivity contribution is -0.0807. The van der Waals surface area contributed by atoms with Gasteiger partial charge >= 0.3 is 0 Å². The Kier molecular flexibility index (Phi) is 5.85. The smallest absolute Gasteiger partial charge is 0.0900 e. The summed E-state index contributed by atoms with van der Waals surface area (Å²) in [6.07, 6.45) is 3.73. The zero-order chi connectivity index (χ0) is 19.8. The van der Waals surface area contributed by atoms with Crippen LogP contribution in [-0.2, 0) is 11.3 Å². The molecule has 0 spiro atoms. The molecule has 4 nitrogen and oxygen atoms in total. The fourth-order valence-corrected chi connectivity index (χ4v) is 5.93. The Hall–Kier alpha value is -0.940. The number of piperazine rings is 1. The largest absolute Gasteiger partial charge is 0.389 e. The molecule has 1 N–H and O–H groups in total. The van der Waals surface area contributed by atoms with Crippen molar-refractivity contribution in [3.8, 4) is 0 Å². The lowest BCUT2D eigenvalue weighted by Crippen LogP contribution is -2.49. The molecule has 2 aliphatic carbocycles. The van der Waals surface area contributed by atoms with Crippen molar-refractivity contribution in [1.82, 2.24) is 9.80 Å². The van der Waals surface area contributed by atoms with E-state index in [1.54, 1.807) is 0 Å². The minimum Gasteiger partial charge on any atom is -0.389 e. The maximum absolute atomic E-state index is 10.6. The highest BCUT2D eigenvalue weighted by Crippen LogP contribution is 2.66. The van der Waals surface area contributed by atoms with Crippen LogP contribution >= 0.6 is 0 Å². The summed E-state index contributed by atoms with van der Waals surface area (Å²) in [7, 11) is 0. The lowest BCUT2D eigenvalue weighted by atomic mass is 9.70. The second-order valence-electron chi connectivity index (χ2n) is 10.1. The van der Waals surface area contributed by atoms with E-state index in [4.69, 9.17) is 4.74 Å². The monoisotopic (exact) mass is 386 g/mol. The first-order chi connectivity index (χ1) is 13.4. The van der Waals surface area contributed by atoms with Crippen LogP contribution in [-0.4, -0.2) is 66.4 Å². The SMILES string of the molecule is CC1(C)[C@H]2CC[C@@]1(C)[C@H](OC[C@H](O)CN1CCN(Cc3ccccc3)CC1)C2. The number of hydrogen-bond acceptors (Lipinski definition) is 4. The molecule has 0 aromatic heterocycles.